The topological polar surface area (TPSA) is 104 Å². The van der Waals surface area contributed by atoms with Crippen LogP contribution in [-0.4, -0.2) is 82.3 Å². The average Bonchev–Trinajstić information content (AvgIpc) is 2.80. The maximum absolute atomic E-state index is 8.18. The molecule has 0 atom stereocenters. The molecule has 1 spiro atoms. The number of quaternary nitrogens is 1. The third kappa shape index (κ3) is 7.24. The van der Waals surface area contributed by atoms with E-state index in [1.165, 1.54) is 37.0 Å². The van der Waals surface area contributed by atoms with Gasteiger partial charge in [-0.25, -0.2) is 4.84 Å². The van der Waals surface area contributed by atoms with Crippen LogP contribution >= 0.6 is 0 Å². The van der Waals surface area contributed by atoms with E-state index in [1.807, 2.05) is 18.2 Å². The van der Waals surface area contributed by atoms with Crippen molar-refractivity contribution in [3.05, 3.63) is 53.4 Å². The lowest BCUT2D eigenvalue weighted by atomic mass is 9.56. The first-order valence-electron chi connectivity index (χ1n) is 12.5. The van der Waals surface area contributed by atoms with Crippen molar-refractivity contribution in [3.63, 3.8) is 0 Å². The smallest absolute Gasteiger partial charge is 0.187 e. The first kappa shape index (κ1) is 27.1. The quantitative estimate of drug-likeness (QED) is 0.283. The number of ether oxygens (including phenoxy) is 1. The molecule has 1 saturated heterocycles. The van der Waals surface area contributed by atoms with E-state index in [2.05, 4.69) is 55.0 Å². The van der Waals surface area contributed by atoms with E-state index in [0.717, 1.165) is 24.6 Å². The van der Waals surface area contributed by atoms with Gasteiger partial charge in [-0.3, -0.25) is 10.4 Å². The van der Waals surface area contributed by atoms with Crippen LogP contribution < -0.4 is 16.0 Å². The monoisotopic (exact) mass is 483 g/mol. The van der Waals surface area contributed by atoms with Crippen molar-refractivity contribution in [2.45, 2.75) is 26.2 Å². The maximum atomic E-state index is 8.18. The van der Waals surface area contributed by atoms with Gasteiger partial charge in [0.25, 0.3) is 0 Å². The predicted molar refractivity (Wildman–Crippen MR) is 142 cm³/mol. The molecular weight excluding hydrogens is 440 g/mol. The molecule has 5 N–H and O–H groups in total. The fourth-order valence-corrected chi connectivity index (χ4v) is 5.10. The van der Waals surface area contributed by atoms with Gasteiger partial charge in [0.05, 0.1) is 19.4 Å². The highest BCUT2D eigenvalue weighted by atomic mass is 16.6. The summed E-state index contributed by atoms with van der Waals surface area (Å²) in [7, 11) is 7.88. The molecule has 0 bridgehead atoms. The number of para-hydroxylation sites is 1. The van der Waals surface area contributed by atoms with Crippen LogP contribution in [0.2, 0.25) is 0 Å². The standard InChI is InChI=1S/C23H31N5O2.C4H11N/c1-28-14-23(15-28)12-16(13-23)11-17-5-3-4-6-20(17)30-10-9-26-18-7-8-19(27-29-2)22(25)21(18)24;1-4-5(2)3/h3-8,16,24,27H,9-15,25H2,1-2H3;4H2,1-3H3/p+1. The lowest BCUT2D eigenvalue weighted by Crippen LogP contribution is -2.81. The van der Waals surface area contributed by atoms with E-state index < -0.39 is 0 Å². The number of hydrogen-bond donors (Lipinski definition) is 3. The third-order valence-corrected chi connectivity index (χ3v) is 6.90. The molecule has 0 radical (unpaired) electrons. The number of rotatable bonds is 9. The lowest BCUT2D eigenvalue weighted by Gasteiger charge is -2.58. The highest BCUT2D eigenvalue weighted by Crippen LogP contribution is 2.52. The molecule has 3 aliphatic rings. The highest BCUT2D eigenvalue weighted by Gasteiger charge is 2.50. The van der Waals surface area contributed by atoms with Gasteiger partial charge in [0.15, 0.2) is 5.70 Å². The number of hydrogen-bond acceptors (Lipinski definition) is 7. The van der Waals surface area contributed by atoms with Gasteiger partial charge < -0.3 is 20.3 Å². The van der Waals surface area contributed by atoms with Crippen molar-refractivity contribution in [1.29, 1.82) is 5.41 Å². The molecule has 2 aliphatic carbocycles. The highest BCUT2D eigenvalue weighted by molar-refractivity contribution is 6.51. The number of nitrogens with two attached hydrogens (primary N) is 2. The summed E-state index contributed by atoms with van der Waals surface area (Å²) in [6.07, 6.45) is 7.37. The predicted octanol–water partition coefficient (Wildman–Crippen LogP) is 1.84. The molecule has 192 valence electrons. The van der Waals surface area contributed by atoms with Crippen LogP contribution in [0.1, 0.15) is 25.3 Å². The number of allylic oxidation sites excluding steroid dienone is 3. The summed E-state index contributed by atoms with van der Waals surface area (Å²) in [6, 6.07) is 8.33. The molecule has 1 aliphatic heterocycles. The molecule has 0 unspecified atom stereocenters. The molecule has 1 aromatic rings. The van der Waals surface area contributed by atoms with Crippen molar-refractivity contribution in [2.75, 3.05) is 61.0 Å². The largest absolute Gasteiger partial charge is 0.491 e. The Hall–Kier alpha value is -2.52. The number of nitrogens with zero attached hydrogens (tertiary/aromatic N) is 3. The Morgan fingerprint density at radius 1 is 1.23 bits per heavy atom. The van der Waals surface area contributed by atoms with Gasteiger partial charge in [-0.05, 0) is 76.0 Å². The van der Waals surface area contributed by atoms with Crippen molar-refractivity contribution in [3.8, 4) is 5.75 Å². The summed E-state index contributed by atoms with van der Waals surface area (Å²) in [5.41, 5.74) is 11.3. The van der Waals surface area contributed by atoms with Gasteiger partial charge in [0.2, 0.25) is 0 Å². The summed E-state index contributed by atoms with van der Waals surface area (Å²) in [4.78, 5) is 14.0. The number of nitrogens with one attached hydrogen (secondary N) is 1. The summed E-state index contributed by atoms with van der Waals surface area (Å²) in [5, 5.41) is 8.18. The van der Waals surface area contributed by atoms with Crippen molar-refractivity contribution < 1.29 is 15.1 Å². The molecule has 0 aromatic heterocycles. The van der Waals surface area contributed by atoms with Gasteiger partial charge in [0.1, 0.15) is 23.8 Å². The molecule has 8 nitrogen and oxygen atoms in total. The number of aliphatic imine (C=N–C) groups is 1. The first-order chi connectivity index (χ1) is 16.8. The number of benzene rings is 1. The minimum Gasteiger partial charge on any atom is -0.491 e. The number of hydroxylamine groups is 1. The fourth-order valence-electron chi connectivity index (χ4n) is 5.10. The Balaban J connectivity index is 0.000000623. The minimum atomic E-state index is 0.224. The first-order valence-corrected chi connectivity index (χ1v) is 12.5. The molecule has 8 heteroatoms. The fraction of sp³-hybridized carbons (Fsp3) is 0.556. The van der Waals surface area contributed by atoms with Crippen LogP contribution in [0.4, 0.5) is 0 Å². The van der Waals surface area contributed by atoms with Gasteiger partial charge in [-0.1, -0.05) is 25.1 Å². The Labute approximate surface area is 210 Å². The van der Waals surface area contributed by atoms with E-state index in [9.17, 15) is 0 Å². The van der Waals surface area contributed by atoms with Crippen molar-refractivity contribution in [2.24, 2.45) is 22.1 Å². The van der Waals surface area contributed by atoms with E-state index in [-0.39, 0.29) is 5.71 Å². The normalized spacial score (nSPS) is 20.6. The summed E-state index contributed by atoms with van der Waals surface area (Å²) >= 11 is 0. The Bertz CT molecular complexity index is 954. The molecule has 1 heterocycles. The summed E-state index contributed by atoms with van der Waals surface area (Å²) in [5.74, 6) is 1.72. The zero-order chi connectivity index (χ0) is 25.4. The summed E-state index contributed by atoms with van der Waals surface area (Å²) < 4.78 is 6.05. The second-order valence-electron chi connectivity index (χ2n) is 10.2. The summed E-state index contributed by atoms with van der Waals surface area (Å²) in [6.45, 7) is 6.74. The maximum Gasteiger partial charge on any atom is 0.187 e. The zero-order valence-corrected chi connectivity index (χ0v) is 22.0. The molecule has 4 rings (SSSR count). The second kappa shape index (κ2) is 12.4. The third-order valence-electron chi connectivity index (χ3n) is 6.90. The molecule has 0 amide bonds. The van der Waals surface area contributed by atoms with Crippen LogP contribution in [0, 0.1) is 16.7 Å². The molecule has 1 saturated carbocycles. The Kier molecular flexibility index (Phi) is 9.63. The lowest BCUT2D eigenvalue weighted by molar-refractivity contribution is -0.852. The van der Waals surface area contributed by atoms with Crippen LogP contribution in [0.15, 0.2) is 52.8 Å². The van der Waals surface area contributed by atoms with Gasteiger partial charge in [-0.15, -0.1) is 0 Å². The van der Waals surface area contributed by atoms with Gasteiger partial charge in [0, 0.05) is 19.2 Å². The van der Waals surface area contributed by atoms with Gasteiger partial charge >= 0.3 is 0 Å². The van der Waals surface area contributed by atoms with E-state index in [0.29, 0.717) is 35.7 Å². The number of likely N-dealkylation sites (tertiary alicyclic amines) is 1. The Morgan fingerprint density at radius 2 is 1.91 bits per heavy atom. The Morgan fingerprint density at radius 3 is 2.54 bits per heavy atom. The van der Waals surface area contributed by atoms with E-state index >= 15 is 0 Å². The van der Waals surface area contributed by atoms with Crippen LogP contribution in [0.5, 0.6) is 5.75 Å². The van der Waals surface area contributed by atoms with Crippen LogP contribution in [0.3, 0.4) is 0 Å². The van der Waals surface area contributed by atoms with Crippen LogP contribution in [-0.2, 0) is 11.3 Å². The van der Waals surface area contributed by atoms with Gasteiger partial charge in [-0.2, -0.15) is 5.48 Å². The average molecular weight is 484 g/mol. The van der Waals surface area contributed by atoms with E-state index in [1.54, 1.807) is 13.2 Å². The van der Waals surface area contributed by atoms with Crippen molar-refractivity contribution in [1.82, 2.24) is 9.80 Å². The van der Waals surface area contributed by atoms with Crippen LogP contribution in [0.25, 0.3) is 0 Å². The SMILES string of the molecule is CCN(C)C.CO[NH2+]C1=C(N)C(=N)C(=NCCOc2ccccc2CC2CC3(C2)CN(C)C3)C=C1. The second-order valence-corrected chi connectivity index (χ2v) is 10.2. The zero-order valence-electron chi connectivity index (χ0n) is 22.0. The molecule has 35 heavy (non-hydrogen) atoms. The minimum absolute atomic E-state index is 0.224. The van der Waals surface area contributed by atoms with Crippen molar-refractivity contribution >= 4 is 11.4 Å². The molecule has 1 aromatic carbocycles. The molecular formula is C27H43N6O2+. The van der Waals surface area contributed by atoms with E-state index in [4.69, 9.17) is 20.7 Å². The molecule has 2 fully saturated rings.